The molecule has 0 saturated carbocycles. The highest BCUT2D eigenvalue weighted by Gasteiger charge is 2.01. The van der Waals surface area contributed by atoms with Gasteiger partial charge in [0.25, 0.3) is 0 Å². The fourth-order valence-corrected chi connectivity index (χ4v) is 1.56. The monoisotopic (exact) mass is 244 g/mol. The lowest BCUT2D eigenvalue weighted by molar-refractivity contribution is -0.126. The van der Waals surface area contributed by atoms with Gasteiger partial charge in [0.15, 0.2) is 0 Å². The second-order valence-electron chi connectivity index (χ2n) is 3.97. The molecule has 0 aliphatic heterocycles. The number of carbonyl (C=O) groups is 1. The van der Waals surface area contributed by atoms with Crippen LogP contribution in [0.15, 0.2) is 48.8 Å². The molecule has 18 heavy (non-hydrogen) atoms. The molecule has 2 aromatic rings. The highest BCUT2D eigenvalue weighted by molar-refractivity contribution is 5.77. The summed E-state index contributed by atoms with van der Waals surface area (Å²) in [6.07, 6.45) is 3.68. The predicted octanol–water partition coefficient (Wildman–Crippen LogP) is 1.85. The van der Waals surface area contributed by atoms with E-state index >= 15 is 0 Å². The molecular weight excluding hydrogens is 228 g/mol. The second-order valence-corrected chi connectivity index (χ2v) is 3.97. The first kappa shape index (κ1) is 12.4. The van der Waals surface area contributed by atoms with Gasteiger partial charge in [-0.1, -0.05) is 30.3 Å². The molecule has 0 radical (unpaired) electrons. The maximum atomic E-state index is 11.5. The molecule has 0 unspecified atom stereocenters. The van der Waals surface area contributed by atoms with E-state index in [-0.39, 0.29) is 12.5 Å². The van der Waals surface area contributed by atoms with Crippen LogP contribution in [0.1, 0.15) is 11.1 Å². The van der Waals surface area contributed by atoms with Gasteiger partial charge in [0, 0.05) is 18.9 Å². The molecule has 0 fully saturated rings. The van der Waals surface area contributed by atoms with E-state index in [1.165, 1.54) is 0 Å². The molecule has 0 aliphatic carbocycles. The van der Waals surface area contributed by atoms with Gasteiger partial charge in [-0.3, -0.25) is 4.79 Å². The molecule has 94 valence electrons. The lowest BCUT2D eigenvalue weighted by Gasteiger charge is -2.05. The molecule has 0 atom stereocenters. The molecule has 2 rings (SSSR count). The van der Waals surface area contributed by atoms with Gasteiger partial charge in [0.2, 0.25) is 5.91 Å². The average molecular weight is 244 g/mol. The van der Waals surface area contributed by atoms with Gasteiger partial charge in [0.1, 0.15) is 6.61 Å². The molecule has 4 heteroatoms. The molecule has 1 amide bonds. The van der Waals surface area contributed by atoms with E-state index in [1.807, 2.05) is 48.8 Å². The van der Waals surface area contributed by atoms with Crippen LogP contribution in [0.5, 0.6) is 0 Å². The van der Waals surface area contributed by atoms with Crippen molar-refractivity contribution in [3.05, 3.63) is 59.9 Å². The Morgan fingerprint density at radius 1 is 1.17 bits per heavy atom. The van der Waals surface area contributed by atoms with Crippen LogP contribution in [0.25, 0.3) is 0 Å². The third-order valence-corrected chi connectivity index (χ3v) is 2.50. The van der Waals surface area contributed by atoms with Crippen molar-refractivity contribution in [2.75, 3.05) is 6.61 Å². The standard InChI is InChI=1S/C14H16N2O2/c17-14(16-9-13-6-7-15-8-13)11-18-10-12-4-2-1-3-5-12/h1-8,15H,9-11H2,(H,16,17). The number of aromatic amines is 1. The summed E-state index contributed by atoms with van der Waals surface area (Å²) in [4.78, 5) is 14.4. The fraction of sp³-hybridized carbons (Fsp3) is 0.214. The van der Waals surface area contributed by atoms with Gasteiger partial charge in [-0.25, -0.2) is 0 Å². The molecule has 0 spiro atoms. The van der Waals surface area contributed by atoms with Crippen molar-refractivity contribution in [2.24, 2.45) is 0 Å². The van der Waals surface area contributed by atoms with Crippen molar-refractivity contribution >= 4 is 5.91 Å². The van der Waals surface area contributed by atoms with E-state index in [4.69, 9.17) is 4.74 Å². The SMILES string of the molecule is O=C(COCc1ccccc1)NCc1cc[nH]c1. The molecule has 0 bridgehead atoms. The summed E-state index contributed by atoms with van der Waals surface area (Å²) in [7, 11) is 0. The third-order valence-electron chi connectivity index (χ3n) is 2.50. The Hall–Kier alpha value is -2.07. The average Bonchev–Trinajstić information content (AvgIpc) is 2.91. The number of hydrogen-bond acceptors (Lipinski definition) is 2. The van der Waals surface area contributed by atoms with Gasteiger partial charge in [-0.15, -0.1) is 0 Å². The number of hydrogen-bond donors (Lipinski definition) is 2. The van der Waals surface area contributed by atoms with E-state index in [0.29, 0.717) is 13.2 Å². The van der Waals surface area contributed by atoms with Crippen molar-refractivity contribution in [3.8, 4) is 0 Å². The van der Waals surface area contributed by atoms with Crippen LogP contribution in [-0.4, -0.2) is 17.5 Å². The topological polar surface area (TPSA) is 54.1 Å². The van der Waals surface area contributed by atoms with Crippen molar-refractivity contribution in [2.45, 2.75) is 13.2 Å². The van der Waals surface area contributed by atoms with Crippen LogP contribution in [0.2, 0.25) is 0 Å². The van der Waals surface area contributed by atoms with Crippen LogP contribution >= 0.6 is 0 Å². The maximum Gasteiger partial charge on any atom is 0.246 e. The second kappa shape index (κ2) is 6.61. The van der Waals surface area contributed by atoms with Gasteiger partial charge < -0.3 is 15.0 Å². The summed E-state index contributed by atoms with van der Waals surface area (Å²) < 4.78 is 5.33. The van der Waals surface area contributed by atoms with Crippen molar-refractivity contribution < 1.29 is 9.53 Å². The molecule has 0 saturated heterocycles. The van der Waals surface area contributed by atoms with Crippen LogP contribution in [-0.2, 0) is 22.7 Å². The summed E-state index contributed by atoms with van der Waals surface area (Å²) in [6.45, 7) is 1.06. The summed E-state index contributed by atoms with van der Waals surface area (Å²) >= 11 is 0. The van der Waals surface area contributed by atoms with E-state index in [9.17, 15) is 4.79 Å². The normalized spacial score (nSPS) is 10.2. The lowest BCUT2D eigenvalue weighted by atomic mass is 10.2. The number of ether oxygens (including phenoxy) is 1. The van der Waals surface area contributed by atoms with Gasteiger partial charge in [0.05, 0.1) is 6.61 Å². The Bertz CT molecular complexity index is 466. The quantitative estimate of drug-likeness (QED) is 0.814. The molecular formula is C14H16N2O2. The lowest BCUT2D eigenvalue weighted by Crippen LogP contribution is -2.26. The molecule has 1 aromatic heterocycles. The number of rotatable bonds is 6. The van der Waals surface area contributed by atoms with E-state index < -0.39 is 0 Å². The maximum absolute atomic E-state index is 11.5. The van der Waals surface area contributed by atoms with E-state index in [2.05, 4.69) is 10.3 Å². The number of H-pyrrole nitrogens is 1. The largest absolute Gasteiger partial charge is 0.367 e. The first-order valence-electron chi connectivity index (χ1n) is 5.84. The molecule has 4 nitrogen and oxygen atoms in total. The Labute approximate surface area is 106 Å². The Morgan fingerprint density at radius 2 is 2.00 bits per heavy atom. The number of carbonyl (C=O) groups excluding carboxylic acids is 1. The number of amides is 1. The molecule has 1 aromatic carbocycles. The van der Waals surface area contributed by atoms with Crippen molar-refractivity contribution in [1.29, 1.82) is 0 Å². The van der Waals surface area contributed by atoms with Gasteiger partial charge in [-0.2, -0.15) is 0 Å². The summed E-state index contributed by atoms with van der Waals surface area (Å²) in [6, 6.07) is 11.7. The summed E-state index contributed by atoms with van der Waals surface area (Å²) in [5.74, 6) is -0.105. The summed E-state index contributed by atoms with van der Waals surface area (Å²) in [5, 5.41) is 2.79. The minimum absolute atomic E-state index is 0.0827. The Morgan fingerprint density at radius 3 is 2.72 bits per heavy atom. The first-order chi connectivity index (χ1) is 8.84. The number of aromatic nitrogens is 1. The molecule has 1 heterocycles. The predicted molar refractivity (Wildman–Crippen MR) is 68.7 cm³/mol. The van der Waals surface area contributed by atoms with E-state index in [0.717, 1.165) is 11.1 Å². The van der Waals surface area contributed by atoms with Crippen LogP contribution in [0, 0.1) is 0 Å². The van der Waals surface area contributed by atoms with Crippen LogP contribution in [0.4, 0.5) is 0 Å². The zero-order valence-corrected chi connectivity index (χ0v) is 10.1. The van der Waals surface area contributed by atoms with Gasteiger partial charge in [-0.05, 0) is 17.2 Å². The number of nitrogens with one attached hydrogen (secondary N) is 2. The highest BCUT2D eigenvalue weighted by Crippen LogP contribution is 2.00. The van der Waals surface area contributed by atoms with Crippen molar-refractivity contribution in [1.82, 2.24) is 10.3 Å². The smallest absolute Gasteiger partial charge is 0.246 e. The Kier molecular flexibility index (Phi) is 4.55. The summed E-state index contributed by atoms with van der Waals surface area (Å²) in [5.41, 5.74) is 2.11. The van der Waals surface area contributed by atoms with Crippen LogP contribution < -0.4 is 5.32 Å². The molecule has 2 N–H and O–H groups in total. The minimum atomic E-state index is -0.105. The van der Waals surface area contributed by atoms with Gasteiger partial charge >= 0.3 is 0 Å². The highest BCUT2D eigenvalue weighted by atomic mass is 16.5. The zero-order valence-electron chi connectivity index (χ0n) is 10.1. The zero-order chi connectivity index (χ0) is 12.6. The fourth-order valence-electron chi connectivity index (χ4n) is 1.56. The number of benzene rings is 1. The third kappa shape index (κ3) is 4.07. The first-order valence-corrected chi connectivity index (χ1v) is 5.84. The van der Waals surface area contributed by atoms with E-state index in [1.54, 1.807) is 0 Å². The minimum Gasteiger partial charge on any atom is -0.367 e. The van der Waals surface area contributed by atoms with Crippen LogP contribution in [0.3, 0.4) is 0 Å². The van der Waals surface area contributed by atoms with Crippen molar-refractivity contribution in [3.63, 3.8) is 0 Å². The molecule has 0 aliphatic rings. The Balaban J connectivity index is 1.63.